The molecule has 3 heteroatoms. The van der Waals surface area contributed by atoms with Crippen molar-refractivity contribution in [2.45, 2.75) is 38.1 Å². The quantitative estimate of drug-likeness (QED) is 0.577. The summed E-state index contributed by atoms with van der Waals surface area (Å²) in [6, 6.07) is 6.13. The molecular weight excluding hydrogens is 217 g/mol. The Labute approximate surface area is 101 Å². The molecule has 1 aliphatic carbocycles. The van der Waals surface area contributed by atoms with E-state index in [9.17, 15) is 9.18 Å². The van der Waals surface area contributed by atoms with Crippen molar-refractivity contribution >= 4 is 6.08 Å². The number of hydrogen-bond acceptors (Lipinski definition) is 2. The van der Waals surface area contributed by atoms with Crippen LogP contribution in [-0.2, 0) is 4.79 Å². The van der Waals surface area contributed by atoms with E-state index >= 15 is 0 Å². The van der Waals surface area contributed by atoms with Gasteiger partial charge in [0.1, 0.15) is 5.82 Å². The van der Waals surface area contributed by atoms with Gasteiger partial charge in [0.2, 0.25) is 6.08 Å². The zero-order chi connectivity index (χ0) is 12.1. The molecule has 17 heavy (non-hydrogen) atoms. The number of hydrogen-bond donors (Lipinski definition) is 0. The Bertz CT molecular complexity index is 403. The predicted molar refractivity (Wildman–Crippen MR) is 63.8 cm³/mol. The maximum absolute atomic E-state index is 12.9. The van der Waals surface area contributed by atoms with Crippen LogP contribution in [0.25, 0.3) is 0 Å². The van der Waals surface area contributed by atoms with Gasteiger partial charge in [0, 0.05) is 0 Å². The van der Waals surface area contributed by atoms with Gasteiger partial charge < -0.3 is 0 Å². The van der Waals surface area contributed by atoms with Crippen molar-refractivity contribution in [3.8, 4) is 0 Å². The Morgan fingerprint density at radius 2 is 1.82 bits per heavy atom. The molecule has 1 atom stereocenters. The second-order valence-electron chi connectivity index (χ2n) is 4.61. The molecule has 0 bridgehead atoms. The highest BCUT2D eigenvalue weighted by molar-refractivity contribution is 5.36. The Balaban J connectivity index is 2.21. The van der Waals surface area contributed by atoms with Crippen LogP contribution < -0.4 is 0 Å². The topological polar surface area (TPSA) is 29.4 Å². The van der Waals surface area contributed by atoms with Crippen LogP contribution >= 0.6 is 0 Å². The second-order valence-corrected chi connectivity index (χ2v) is 4.61. The van der Waals surface area contributed by atoms with Crippen LogP contribution in [0.5, 0.6) is 0 Å². The van der Waals surface area contributed by atoms with E-state index in [-0.39, 0.29) is 11.9 Å². The summed E-state index contributed by atoms with van der Waals surface area (Å²) in [5.74, 6) is 0.141. The van der Waals surface area contributed by atoms with Crippen molar-refractivity contribution in [3.05, 3.63) is 35.6 Å². The lowest BCUT2D eigenvalue weighted by Crippen LogP contribution is -2.14. The number of halogens is 1. The number of rotatable bonds is 3. The van der Waals surface area contributed by atoms with Gasteiger partial charge >= 0.3 is 0 Å². The van der Waals surface area contributed by atoms with Crippen LogP contribution in [0, 0.1) is 11.7 Å². The molecule has 1 aromatic rings. The minimum absolute atomic E-state index is 0.145. The minimum atomic E-state index is -0.258. The molecule has 0 heterocycles. The second kappa shape index (κ2) is 5.74. The van der Waals surface area contributed by atoms with Gasteiger partial charge in [-0.25, -0.2) is 9.18 Å². The summed E-state index contributed by atoms with van der Waals surface area (Å²) < 4.78 is 12.9. The van der Waals surface area contributed by atoms with Gasteiger partial charge in [-0.05, 0) is 36.5 Å². The average Bonchev–Trinajstić information content (AvgIpc) is 2.38. The third-order valence-electron chi connectivity index (χ3n) is 3.50. The van der Waals surface area contributed by atoms with E-state index < -0.39 is 0 Å². The average molecular weight is 233 g/mol. The smallest absolute Gasteiger partial charge is 0.211 e. The van der Waals surface area contributed by atoms with E-state index in [2.05, 4.69) is 4.99 Å². The third-order valence-corrected chi connectivity index (χ3v) is 3.50. The van der Waals surface area contributed by atoms with Gasteiger partial charge in [-0.2, -0.15) is 4.99 Å². The molecule has 0 aliphatic heterocycles. The Hall–Kier alpha value is -1.47. The zero-order valence-corrected chi connectivity index (χ0v) is 9.73. The molecule has 1 aromatic carbocycles. The largest absolute Gasteiger partial charge is 0.235 e. The minimum Gasteiger partial charge on any atom is -0.211 e. The highest BCUT2D eigenvalue weighted by Gasteiger charge is 2.24. The molecule has 1 unspecified atom stereocenters. The van der Waals surface area contributed by atoms with Crippen LogP contribution in [0.15, 0.2) is 29.3 Å². The lowest BCUT2D eigenvalue weighted by atomic mass is 9.81. The van der Waals surface area contributed by atoms with Crippen molar-refractivity contribution in [1.29, 1.82) is 0 Å². The van der Waals surface area contributed by atoms with E-state index in [1.807, 2.05) is 0 Å². The summed E-state index contributed by atoms with van der Waals surface area (Å²) >= 11 is 0. The van der Waals surface area contributed by atoms with Gasteiger partial charge in [-0.3, -0.25) is 0 Å². The molecule has 0 N–H and O–H groups in total. The number of aliphatic imine (C=N–C) groups is 1. The molecule has 1 fully saturated rings. The first-order valence-electron chi connectivity index (χ1n) is 6.13. The molecule has 90 valence electrons. The van der Waals surface area contributed by atoms with Crippen LogP contribution in [0.2, 0.25) is 0 Å². The zero-order valence-electron chi connectivity index (χ0n) is 9.73. The van der Waals surface area contributed by atoms with Crippen LogP contribution in [0.3, 0.4) is 0 Å². The first kappa shape index (κ1) is 12.0. The summed E-state index contributed by atoms with van der Waals surface area (Å²) in [6.07, 6.45) is 7.48. The molecule has 0 spiro atoms. The van der Waals surface area contributed by atoms with Gasteiger partial charge in [-0.1, -0.05) is 31.4 Å². The molecule has 0 aromatic heterocycles. The van der Waals surface area contributed by atoms with Gasteiger partial charge in [0.15, 0.2) is 0 Å². The van der Waals surface area contributed by atoms with Gasteiger partial charge in [0.25, 0.3) is 0 Å². The lowest BCUT2D eigenvalue weighted by molar-refractivity contribution is 0.309. The fourth-order valence-corrected chi connectivity index (χ4v) is 2.62. The van der Waals surface area contributed by atoms with Crippen molar-refractivity contribution in [3.63, 3.8) is 0 Å². The first-order chi connectivity index (χ1) is 8.31. The van der Waals surface area contributed by atoms with E-state index in [4.69, 9.17) is 0 Å². The van der Waals surface area contributed by atoms with Gasteiger partial charge in [-0.15, -0.1) is 0 Å². The SMILES string of the molecule is O=C=NC(c1ccc(F)cc1)C1CCCCC1. The number of isocyanates is 1. The van der Waals surface area contributed by atoms with Crippen molar-refractivity contribution in [1.82, 2.24) is 0 Å². The predicted octanol–water partition coefficient (Wildman–Crippen LogP) is 3.78. The normalized spacial score (nSPS) is 18.4. The summed E-state index contributed by atoms with van der Waals surface area (Å²) in [5, 5.41) is 0. The number of benzene rings is 1. The fraction of sp³-hybridized carbons (Fsp3) is 0.500. The molecule has 0 radical (unpaired) electrons. The number of carbonyl (C=O) groups excluding carboxylic acids is 1. The monoisotopic (exact) mass is 233 g/mol. The van der Waals surface area contributed by atoms with E-state index in [1.165, 1.54) is 31.4 Å². The molecular formula is C14H16FNO. The van der Waals surface area contributed by atoms with E-state index in [0.717, 1.165) is 18.4 Å². The number of nitrogens with zero attached hydrogens (tertiary/aromatic N) is 1. The highest BCUT2D eigenvalue weighted by Crippen LogP contribution is 2.36. The standard InChI is InChI=1S/C14H16FNO/c15-13-8-6-12(7-9-13)14(16-10-17)11-4-2-1-3-5-11/h6-9,11,14H,1-5H2. The highest BCUT2D eigenvalue weighted by atomic mass is 19.1. The lowest BCUT2D eigenvalue weighted by Gasteiger charge is -2.26. The van der Waals surface area contributed by atoms with Crippen molar-refractivity contribution in [2.75, 3.05) is 0 Å². The fourth-order valence-electron chi connectivity index (χ4n) is 2.62. The van der Waals surface area contributed by atoms with Crippen molar-refractivity contribution < 1.29 is 9.18 Å². The van der Waals surface area contributed by atoms with Crippen molar-refractivity contribution in [2.24, 2.45) is 10.9 Å². The summed E-state index contributed by atoms with van der Waals surface area (Å²) in [5.41, 5.74) is 0.918. The molecule has 2 rings (SSSR count). The Morgan fingerprint density at radius 3 is 2.41 bits per heavy atom. The Kier molecular flexibility index (Phi) is 4.05. The first-order valence-corrected chi connectivity index (χ1v) is 6.13. The van der Waals surface area contributed by atoms with Crippen LogP contribution in [-0.4, -0.2) is 6.08 Å². The summed E-state index contributed by atoms with van der Waals surface area (Å²) in [7, 11) is 0. The molecule has 1 saturated carbocycles. The maximum atomic E-state index is 12.9. The maximum Gasteiger partial charge on any atom is 0.235 e. The third kappa shape index (κ3) is 3.01. The van der Waals surface area contributed by atoms with Crippen LogP contribution in [0.4, 0.5) is 4.39 Å². The molecule has 0 saturated heterocycles. The summed E-state index contributed by atoms with van der Waals surface area (Å²) in [6.45, 7) is 0. The Morgan fingerprint density at radius 1 is 1.18 bits per heavy atom. The molecule has 2 nitrogen and oxygen atoms in total. The molecule has 0 amide bonds. The van der Waals surface area contributed by atoms with Crippen LogP contribution in [0.1, 0.15) is 43.7 Å². The van der Waals surface area contributed by atoms with E-state index in [0.29, 0.717) is 5.92 Å². The van der Waals surface area contributed by atoms with Gasteiger partial charge in [0.05, 0.1) is 6.04 Å². The van der Waals surface area contributed by atoms with E-state index in [1.54, 1.807) is 18.2 Å². The molecule has 1 aliphatic rings. The summed E-state index contributed by atoms with van der Waals surface area (Å²) in [4.78, 5) is 14.5.